The number of halogens is 2. The minimum absolute atomic E-state index is 0.0484. The number of carbonyl (C=O) groups excluding carboxylic acids is 1. The van der Waals surface area contributed by atoms with E-state index in [1.54, 1.807) is 0 Å². The number of alkyl halides is 2. The molecular weight excluding hydrogens is 254 g/mol. The highest BCUT2D eigenvalue weighted by Gasteiger charge is 2.20. The van der Waals surface area contributed by atoms with Crippen LogP contribution in [0.2, 0.25) is 0 Å². The highest BCUT2D eigenvalue weighted by atomic mass is 19.3. The Balaban J connectivity index is 2.64. The third-order valence-corrected chi connectivity index (χ3v) is 2.74. The van der Waals surface area contributed by atoms with Gasteiger partial charge >= 0.3 is 6.61 Å². The Bertz CT molecular complexity index is 408. The van der Waals surface area contributed by atoms with Crippen LogP contribution in [0.1, 0.15) is 13.8 Å². The number of hydrogen-bond acceptors (Lipinski definition) is 3. The zero-order valence-corrected chi connectivity index (χ0v) is 10.9. The highest BCUT2D eigenvalue weighted by molar-refractivity contribution is 5.92. The van der Waals surface area contributed by atoms with Crippen LogP contribution in [0.3, 0.4) is 0 Å². The second-order valence-corrected chi connectivity index (χ2v) is 4.48. The second kappa shape index (κ2) is 7.04. The van der Waals surface area contributed by atoms with Gasteiger partial charge in [0.1, 0.15) is 5.75 Å². The van der Waals surface area contributed by atoms with Crippen LogP contribution >= 0.6 is 0 Å². The third-order valence-electron chi connectivity index (χ3n) is 2.74. The van der Waals surface area contributed by atoms with Gasteiger partial charge in [-0.05, 0) is 30.2 Å². The van der Waals surface area contributed by atoms with Crippen LogP contribution in [0, 0.1) is 11.8 Å². The van der Waals surface area contributed by atoms with Gasteiger partial charge in [0.2, 0.25) is 5.91 Å². The number of nitrogens with two attached hydrogens (primary N) is 1. The number of carbonyl (C=O) groups is 1. The summed E-state index contributed by atoms with van der Waals surface area (Å²) in [4.78, 5) is 11.9. The molecule has 0 bridgehead atoms. The molecule has 19 heavy (non-hydrogen) atoms. The molecule has 0 aliphatic rings. The minimum Gasteiger partial charge on any atom is -0.435 e. The van der Waals surface area contributed by atoms with Gasteiger partial charge in [-0.3, -0.25) is 4.79 Å². The standard InChI is InChI=1S/C13H18F2N2O2/c1-8(2)11(7-16)12(18)17-9-3-5-10(6-4-9)19-13(14)15/h3-6,8,11,13H,7,16H2,1-2H3,(H,17,18). The number of amides is 1. The van der Waals surface area contributed by atoms with E-state index in [0.717, 1.165) is 0 Å². The lowest BCUT2D eigenvalue weighted by Gasteiger charge is -2.18. The van der Waals surface area contributed by atoms with Crippen molar-refractivity contribution in [3.63, 3.8) is 0 Å². The van der Waals surface area contributed by atoms with Gasteiger partial charge in [0.05, 0.1) is 5.92 Å². The number of rotatable bonds is 6. The molecule has 6 heteroatoms. The number of ether oxygens (including phenoxy) is 1. The summed E-state index contributed by atoms with van der Waals surface area (Å²) < 4.78 is 28.1. The molecule has 4 nitrogen and oxygen atoms in total. The lowest BCUT2D eigenvalue weighted by molar-refractivity contribution is -0.120. The molecule has 3 N–H and O–H groups in total. The van der Waals surface area contributed by atoms with Crippen molar-refractivity contribution in [2.75, 3.05) is 11.9 Å². The largest absolute Gasteiger partial charge is 0.435 e. The zero-order valence-electron chi connectivity index (χ0n) is 10.9. The summed E-state index contributed by atoms with van der Waals surface area (Å²) in [6.45, 7) is 1.23. The molecule has 0 aliphatic heterocycles. The van der Waals surface area contributed by atoms with Crippen molar-refractivity contribution < 1.29 is 18.3 Å². The average Bonchev–Trinajstić information content (AvgIpc) is 2.31. The summed E-state index contributed by atoms with van der Waals surface area (Å²) in [5, 5.41) is 2.69. The highest BCUT2D eigenvalue weighted by Crippen LogP contribution is 2.19. The van der Waals surface area contributed by atoms with Crippen LogP contribution in [0.25, 0.3) is 0 Å². The van der Waals surface area contributed by atoms with Gasteiger partial charge in [-0.2, -0.15) is 8.78 Å². The third kappa shape index (κ3) is 4.82. The van der Waals surface area contributed by atoms with Crippen LogP contribution in [-0.4, -0.2) is 19.1 Å². The molecule has 0 aliphatic carbocycles. The van der Waals surface area contributed by atoms with Crippen molar-refractivity contribution in [2.45, 2.75) is 20.5 Å². The fourth-order valence-corrected chi connectivity index (χ4v) is 1.64. The first-order valence-electron chi connectivity index (χ1n) is 5.99. The van der Waals surface area contributed by atoms with Crippen molar-refractivity contribution in [3.05, 3.63) is 24.3 Å². The van der Waals surface area contributed by atoms with Gasteiger partial charge in [0.15, 0.2) is 0 Å². The molecule has 0 fully saturated rings. The molecule has 1 aromatic rings. The van der Waals surface area contributed by atoms with E-state index in [1.165, 1.54) is 24.3 Å². The first kappa shape index (κ1) is 15.4. The quantitative estimate of drug-likeness (QED) is 0.836. The predicted octanol–water partition coefficient (Wildman–Crippen LogP) is 2.46. The van der Waals surface area contributed by atoms with Crippen LogP contribution < -0.4 is 15.8 Å². The van der Waals surface area contributed by atoms with Crippen molar-refractivity contribution in [2.24, 2.45) is 17.6 Å². The Labute approximate surface area is 110 Å². The maximum atomic E-state index is 12.0. The van der Waals surface area contributed by atoms with Crippen molar-refractivity contribution in [3.8, 4) is 5.75 Å². The lowest BCUT2D eigenvalue weighted by Crippen LogP contribution is -2.33. The Morgan fingerprint density at radius 3 is 2.32 bits per heavy atom. The fourth-order valence-electron chi connectivity index (χ4n) is 1.64. The Kier molecular flexibility index (Phi) is 5.69. The Hall–Kier alpha value is -1.69. The van der Waals surface area contributed by atoms with E-state index < -0.39 is 6.61 Å². The van der Waals surface area contributed by atoms with Gasteiger partial charge in [0.25, 0.3) is 0 Å². The van der Waals surface area contributed by atoms with Crippen LogP contribution in [0.4, 0.5) is 14.5 Å². The molecule has 1 unspecified atom stereocenters. The number of benzene rings is 1. The number of hydrogen-bond donors (Lipinski definition) is 2. The normalized spacial score (nSPS) is 12.6. The molecule has 0 spiro atoms. The van der Waals surface area contributed by atoms with E-state index in [1.807, 2.05) is 13.8 Å². The maximum absolute atomic E-state index is 12.0. The van der Waals surface area contributed by atoms with Gasteiger partial charge in [0, 0.05) is 12.2 Å². The van der Waals surface area contributed by atoms with Crippen molar-refractivity contribution >= 4 is 11.6 Å². The summed E-state index contributed by atoms with van der Waals surface area (Å²) in [7, 11) is 0. The summed E-state index contributed by atoms with van der Waals surface area (Å²) in [5.41, 5.74) is 6.06. The molecule has 1 aromatic carbocycles. The van der Waals surface area contributed by atoms with Gasteiger partial charge in [-0.1, -0.05) is 13.8 Å². The van der Waals surface area contributed by atoms with E-state index in [9.17, 15) is 13.6 Å². The molecular formula is C13H18F2N2O2. The monoisotopic (exact) mass is 272 g/mol. The predicted molar refractivity (Wildman–Crippen MR) is 69.1 cm³/mol. The Morgan fingerprint density at radius 1 is 1.32 bits per heavy atom. The van der Waals surface area contributed by atoms with Crippen LogP contribution in [0.5, 0.6) is 5.75 Å². The Morgan fingerprint density at radius 2 is 1.89 bits per heavy atom. The molecule has 0 saturated carbocycles. The second-order valence-electron chi connectivity index (χ2n) is 4.48. The van der Waals surface area contributed by atoms with Crippen LogP contribution in [0.15, 0.2) is 24.3 Å². The molecule has 0 saturated heterocycles. The van der Waals surface area contributed by atoms with E-state index in [0.29, 0.717) is 5.69 Å². The van der Waals surface area contributed by atoms with E-state index >= 15 is 0 Å². The maximum Gasteiger partial charge on any atom is 0.387 e. The lowest BCUT2D eigenvalue weighted by atomic mass is 9.95. The smallest absolute Gasteiger partial charge is 0.387 e. The van der Waals surface area contributed by atoms with Gasteiger partial charge < -0.3 is 15.8 Å². The molecule has 106 valence electrons. The summed E-state index contributed by atoms with van der Waals surface area (Å²) in [6, 6.07) is 5.75. The first-order chi connectivity index (χ1) is 8.93. The molecule has 1 atom stereocenters. The zero-order chi connectivity index (χ0) is 14.4. The van der Waals surface area contributed by atoms with E-state index in [4.69, 9.17) is 5.73 Å². The van der Waals surface area contributed by atoms with Gasteiger partial charge in [-0.15, -0.1) is 0 Å². The summed E-state index contributed by atoms with van der Waals surface area (Å²) in [6.07, 6.45) is 0. The van der Waals surface area contributed by atoms with Crippen molar-refractivity contribution in [1.82, 2.24) is 0 Å². The number of anilines is 1. The SMILES string of the molecule is CC(C)C(CN)C(=O)Nc1ccc(OC(F)F)cc1. The first-order valence-corrected chi connectivity index (χ1v) is 5.99. The van der Waals surface area contributed by atoms with Crippen LogP contribution in [-0.2, 0) is 4.79 Å². The van der Waals surface area contributed by atoms with E-state index in [2.05, 4.69) is 10.1 Å². The molecule has 1 rings (SSSR count). The number of nitrogens with one attached hydrogen (secondary N) is 1. The molecule has 0 radical (unpaired) electrons. The molecule has 1 amide bonds. The average molecular weight is 272 g/mol. The summed E-state index contributed by atoms with van der Waals surface area (Å²) >= 11 is 0. The topological polar surface area (TPSA) is 64.4 Å². The van der Waals surface area contributed by atoms with Gasteiger partial charge in [-0.25, -0.2) is 0 Å². The molecule has 0 heterocycles. The van der Waals surface area contributed by atoms with E-state index in [-0.39, 0.29) is 30.0 Å². The summed E-state index contributed by atoms with van der Waals surface area (Å²) in [5.74, 6) is -0.282. The molecule has 0 aromatic heterocycles. The minimum atomic E-state index is -2.86. The fraction of sp³-hybridized carbons (Fsp3) is 0.462. The van der Waals surface area contributed by atoms with Crippen molar-refractivity contribution in [1.29, 1.82) is 0 Å².